The molecule has 0 unspecified atom stereocenters. The average molecular weight is 336 g/mol. The zero-order valence-corrected chi connectivity index (χ0v) is 14.8. The highest BCUT2D eigenvalue weighted by molar-refractivity contribution is 5.94. The minimum Gasteiger partial charge on any atom is -0.395 e. The van der Waals surface area contributed by atoms with E-state index in [0.717, 1.165) is 37.2 Å². The fourth-order valence-electron chi connectivity index (χ4n) is 3.85. The molecule has 1 fully saturated rings. The third-order valence-electron chi connectivity index (χ3n) is 5.17. The van der Waals surface area contributed by atoms with Gasteiger partial charge in [0.2, 0.25) is 0 Å². The molecule has 2 aliphatic heterocycles. The third kappa shape index (κ3) is 3.34. The highest BCUT2D eigenvalue weighted by Gasteiger charge is 2.34. The second-order valence-corrected chi connectivity index (χ2v) is 7.01. The predicted molar refractivity (Wildman–Crippen MR) is 89.9 cm³/mol. The molecule has 0 radical (unpaired) electrons. The SMILES string of the molecule is C[C@@H]1Cc2c(C(=O)N(CCO)C3CCN(C)CC3)n[nH]c2[C@H](C)O1. The van der Waals surface area contributed by atoms with E-state index in [2.05, 4.69) is 22.1 Å². The summed E-state index contributed by atoms with van der Waals surface area (Å²) in [5, 5.41) is 16.7. The molecule has 0 saturated carbocycles. The maximum atomic E-state index is 13.1. The number of carbonyl (C=O) groups is 1. The summed E-state index contributed by atoms with van der Waals surface area (Å²) in [7, 11) is 2.10. The first kappa shape index (κ1) is 17.4. The topological polar surface area (TPSA) is 81.7 Å². The van der Waals surface area contributed by atoms with Crippen molar-refractivity contribution in [1.29, 1.82) is 0 Å². The Morgan fingerprint density at radius 3 is 2.79 bits per heavy atom. The van der Waals surface area contributed by atoms with Crippen molar-refractivity contribution in [2.45, 2.75) is 51.4 Å². The molecule has 3 heterocycles. The Morgan fingerprint density at radius 1 is 1.42 bits per heavy atom. The molecule has 24 heavy (non-hydrogen) atoms. The first-order valence-electron chi connectivity index (χ1n) is 8.84. The summed E-state index contributed by atoms with van der Waals surface area (Å²) in [6.45, 7) is 6.27. The molecule has 0 aliphatic carbocycles. The van der Waals surface area contributed by atoms with Gasteiger partial charge in [0.05, 0.1) is 24.5 Å². The largest absolute Gasteiger partial charge is 0.395 e. The Morgan fingerprint density at radius 2 is 2.12 bits per heavy atom. The molecule has 2 N–H and O–H groups in total. The zero-order valence-electron chi connectivity index (χ0n) is 14.8. The quantitative estimate of drug-likeness (QED) is 0.856. The van der Waals surface area contributed by atoms with Crippen LogP contribution in [0, 0.1) is 0 Å². The van der Waals surface area contributed by atoms with Crippen LogP contribution in [0.1, 0.15) is 54.5 Å². The number of nitrogens with one attached hydrogen (secondary N) is 1. The molecule has 0 bridgehead atoms. The van der Waals surface area contributed by atoms with Gasteiger partial charge in [-0.25, -0.2) is 0 Å². The van der Waals surface area contributed by atoms with Gasteiger partial charge in [0, 0.05) is 24.6 Å². The lowest BCUT2D eigenvalue weighted by molar-refractivity contribution is -0.00707. The maximum absolute atomic E-state index is 13.1. The number of aliphatic hydroxyl groups excluding tert-OH is 1. The number of carbonyl (C=O) groups excluding carboxylic acids is 1. The van der Waals surface area contributed by atoms with Crippen molar-refractivity contribution in [3.8, 4) is 0 Å². The van der Waals surface area contributed by atoms with Gasteiger partial charge >= 0.3 is 0 Å². The molecular formula is C17H28N4O3. The predicted octanol–water partition coefficient (Wildman–Crippen LogP) is 0.961. The van der Waals surface area contributed by atoms with Crippen molar-refractivity contribution < 1.29 is 14.6 Å². The van der Waals surface area contributed by atoms with Crippen molar-refractivity contribution in [3.63, 3.8) is 0 Å². The summed E-state index contributed by atoms with van der Waals surface area (Å²) < 4.78 is 5.80. The molecule has 2 aliphatic rings. The molecule has 2 atom stereocenters. The van der Waals surface area contributed by atoms with Crippen LogP contribution in [0.2, 0.25) is 0 Å². The van der Waals surface area contributed by atoms with Gasteiger partial charge in [-0.05, 0) is 46.8 Å². The van der Waals surface area contributed by atoms with Crippen molar-refractivity contribution in [1.82, 2.24) is 20.0 Å². The summed E-state index contributed by atoms with van der Waals surface area (Å²) in [4.78, 5) is 17.2. The van der Waals surface area contributed by atoms with Gasteiger partial charge in [0.1, 0.15) is 0 Å². The van der Waals surface area contributed by atoms with Crippen LogP contribution in [0.25, 0.3) is 0 Å². The highest BCUT2D eigenvalue weighted by atomic mass is 16.5. The first-order chi connectivity index (χ1) is 11.5. The van der Waals surface area contributed by atoms with Crippen LogP contribution >= 0.6 is 0 Å². The number of aromatic nitrogens is 2. The molecule has 1 aromatic rings. The lowest BCUT2D eigenvalue weighted by atomic mass is 9.98. The number of amides is 1. The van der Waals surface area contributed by atoms with Crippen LogP contribution in [0.3, 0.4) is 0 Å². The number of hydrogen-bond acceptors (Lipinski definition) is 5. The highest BCUT2D eigenvalue weighted by Crippen LogP contribution is 2.31. The summed E-state index contributed by atoms with van der Waals surface area (Å²) >= 11 is 0. The number of fused-ring (bicyclic) bond motifs is 1. The Hall–Kier alpha value is -1.44. The molecule has 1 aromatic heterocycles. The molecule has 7 nitrogen and oxygen atoms in total. The number of likely N-dealkylation sites (tertiary alicyclic amines) is 1. The molecule has 7 heteroatoms. The molecule has 0 aromatic carbocycles. The van der Waals surface area contributed by atoms with Crippen LogP contribution in [0.4, 0.5) is 0 Å². The number of aromatic amines is 1. The van der Waals surface area contributed by atoms with E-state index in [1.165, 1.54) is 0 Å². The zero-order chi connectivity index (χ0) is 17.3. The molecule has 3 rings (SSSR count). The molecular weight excluding hydrogens is 308 g/mol. The third-order valence-corrected chi connectivity index (χ3v) is 5.17. The average Bonchev–Trinajstić information content (AvgIpc) is 2.97. The van der Waals surface area contributed by atoms with Crippen molar-refractivity contribution in [2.75, 3.05) is 33.3 Å². The normalized spacial score (nSPS) is 25.5. The lowest BCUT2D eigenvalue weighted by Gasteiger charge is -2.37. The fourth-order valence-corrected chi connectivity index (χ4v) is 3.85. The van der Waals surface area contributed by atoms with Crippen LogP contribution in [0.15, 0.2) is 0 Å². The van der Waals surface area contributed by atoms with Crippen molar-refractivity contribution in [2.24, 2.45) is 0 Å². The van der Waals surface area contributed by atoms with E-state index in [-0.39, 0.29) is 30.8 Å². The smallest absolute Gasteiger partial charge is 0.274 e. The first-order valence-corrected chi connectivity index (χ1v) is 8.84. The van der Waals surface area contributed by atoms with E-state index in [4.69, 9.17) is 4.74 Å². The van der Waals surface area contributed by atoms with E-state index in [9.17, 15) is 9.90 Å². The van der Waals surface area contributed by atoms with Crippen LogP contribution in [-0.2, 0) is 11.2 Å². The molecule has 1 saturated heterocycles. The van der Waals surface area contributed by atoms with Crippen molar-refractivity contribution >= 4 is 5.91 Å². The van der Waals surface area contributed by atoms with Crippen molar-refractivity contribution in [3.05, 3.63) is 17.0 Å². The number of aliphatic hydroxyl groups is 1. The maximum Gasteiger partial charge on any atom is 0.274 e. The van der Waals surface area contributed by atoms with Crippen LogP contribution in [0.5, 0.6) is 0 Å². The minimum absolute atomic E-state index is 0.0272. The van der Waals surface area contributed by atoms with Gasteiger partial charge in [-0.2, -0.15) is 5.10 Å². The number of H-pyrrole nitrogens is 1. The van der Waals surface area contributed by atoms with E-state index in [0.29, 0.717) is 18.7 Å². The summed E-state index contributed by atoms with van der Waals surface area (Å²) in [5.41, 5.74) is 2.38. The molecule has 1 amide bonds. The van der Waals surface area contributed by atoms with Crippen LogP contribution in [-0.4, -0.2) is 76.4 Å². The number of rotatable bonds is 4. The van der Waals surface area contributed by atoms with Gasteiger partial charge in [0.25, 0.3) is 5.91 Å². The lowest BCUT2D eigenvalue weighted by Crippen LogP contribution is -2.48. The second-order valence-electron chi connectivity index (χ2n) is 7.01. The number of piperidine rings is 1. The Bertz CT molecular complexity index is 580. The Balaban J connectivity index is 1.83. The number of nitrogens with zero attached hydrogens (tertiary/aromatic N) is 3. The number of hydrogen-bond donors (Lipinski definition) is 2. The minimum atomic E-state index is -0.0765. The monoisotopic (exact) mass is 336 g/mol. The Labute approximate surface area is 143 Å². The van der Waals surface area contributed by atoms with E-state index >= 15 is 0 Å². The van der Waals surface area contributed by atoms with Gasteiger partial charge in [0.15, 0.2) is 5.69 Å². The Kier molecular flexibility index (Phi) is 5.22. The van der Waals surface area contributed by atoms with Gasteiger partial charge < -0.3 is 19.6 Å². The fraction of sp³-hybridized carbons (Fsp3) is 0.765. The molecule has 0 spiro atoms. The van der Waals surface area contributed by atoms with E-state index in [1.54, 1.807) is 0 Å². The molecule has 134 valence electrons. The number of ether oxygens (including phenoxy) is 1. The van der Waals surface area contributed by atoms with Gasteiger partial charge in [-0.3, -0.25) is 9.89 Å². The van der Waals surface area contributed by atoms with E-state index < -0.39 is 0 Å². The van der Waals surface area contributed by atoms with E-state index in [1.807, 2.05) is 18.7 Å². The summed E-state index contributed by atoms with van der Waals surface area (Å²) in [6, 6.07) is 0.169. The van der Waals surface area contributed by atoms with Gasteiger partial charge in [-0.1, -0.05) is 0 Å². The summed E-state index contributed by atoms with van der Waals surface area (Å²) in [6.07, 6.45) is 2.56. The summed E-state index contributed by atoms with van der Waals surface area (Å²) in [5.74, 6) is -0.0718. The van der Waals surface area contributed by atoms with Crippen LogP contribution < -0.4 is 0 Å². The second kappa shape index (κ2) is 7.21. The standard InChI is InChI=1S/C17H28N4O3/c1-11-10-14-15(12(2)24-11)18-19-16(14)17(23)21(8-9-22)13-4-6-20(3)7-5-13/h11-13,22H,4-10H2,1-3H3,(H,18,19)/t11-,12+/m1/s1. The van der Waals surface area contributed by atoms with Gasteiger partial charge in [-0.15, -0.1) is 0 Å².